The van der Waals surface area contributed by atoms with Crippen molar-refractivity contribution in [2.75, 3.05) is 9.80 Å². The van der Waals surface area contributed by atoms with Crippen molar-refractivity contribution in [1.82, 2.24) is 0 Å². The Hall–Kier alpha value is -8.20. The Kier molecular flexibility index (Phi) is 8.76. The third-order valence-corrected chi connectivity index (χ3v) is 13.0. The number of rotatable bonds is 8. The number of fused-ring (bicyclic) bond motifs is 10. The zero-order valence-electron chi connectivity index (χ0n) is 34.6. The molecule has 0 saturated carbocycles. The average molecular weight is 803 g/mol. The molecule has 10 aromatic carbocycles. The summed E-state index contributed by atoms with van der Waals surface area (Å²) < 4.78 is 0. The third kappa shape index (κ3) is 5.87. The van der Waals surface area contributed by atoms with Gasteiger partial charge in [-0.3, -0.25) is 0 Å². The normalized spacial score (nSPS) is 12.6. The summed E-state index contributed by atoms with van der Waals surface area (Å²) in [6.07, 6.45) is 0. The van der Waals surface area contributed by atoms with E-state index in [1.807, 2.05) is 0 Å². The second-order valence-corrected chi connectivity index (χ2v) is 16.4. The molecule has 0 radical (unpaired) electrons. The van der Waals surface area contributed by atoms with E-state index >= 15 is 0 Å². The predicted octanol–water partition coefficient (Wildman–Crippen LogP) is 16.3. The fraction of sp³-hybridized carbons (Fsp3) is 0.0164. The molecule has 0 aliphatic heterocycles. The molecule has 2 aliphatic carbocycles. The topological polar surface area (TPSA) is 6.48 Å². The average Bonchev–Trinajstić information content (AvgIpc) is 3.84. The summed E-state index contributed by atoms with van der Waals surface area (Å²) in [6.45, 7) is 0. The van der Waals surface area contributed by atoms with Crippen LogP contribution in [0.15, 0.2) is 255 Å². The van der Waals surface area contributed by atoms with E-state index < -0.39 is 5.41 Å². The summed E-state index contributed by atoms with van der Waals surface area (Å²) in [4.78, 5) is 4.87. The van der Waals surface area contributed by atoms with E-state index in [1.54, 1.807) is 0 Å². The second kappa shape index (κ2) is 15.1. The van der Waals surface area contributed by atoms with Crippen LogP contribution < -0.4 is 9.80 Å². The van der Waals surface area contributed by atoms with Gasteiger partial charge < -0.3 is 9.80 Å². The number of para-hydroxylation sites is 2. The van der Waals surface area contributed by atoms with Crippen molar-refractivity contribution in [2.24, 2.45) is 0 Å². The molecule has 0 saturated heterocycles. The highest BCUT2D eigenvalue weighted by Crippen LogP contribution is 2.64. The van der Waals surface area contributed by atoms with E-state index in [4.69, 9.17) is 0 Å². The van der Waals surface area contributed by atoms with Gasteiger partial charge in [0, 0.05) is 34.0 Å². The Morgan fingerprint density at radius 2 is 0.635 bits per heavy atom. The number of hydrogen-bond donors (Lipinski definition) is 0. The summed E-state index contributed by atoms with van der Waals surface area (Å²) in [5.41, 5.74) is 21.2. The molecule has 2 heteroatoms. The minimum absolute atomic E-state index is 0.454. The number of hydrogen-bond acceptors (Lipinski definition) is 2. The van der Waals surface area contributed by atoms with Crippen LogP contribution in [0.3, 0.4) is 0 Å². The van der Waals surface area contributed by atoms with Gasteiger partial charge in [0.2, 0.25) is 0 Å². The zero-order valence-corrected chi connectivity index (χ0v) is 34.6. The molecule has 0 unspecified atom stereocenters. The molecule has 0 atom stereocenters. The molecule has 296 valence electrons. The van der Waals surface area contributed by atoms with Gasteiger partial charge in [0.25, 0.3) is 0 Å². The SMILES string of the molecule is c1ccc(-c2ccc(N(c3ccccc3)c3cc(-c4ccccc4)cc(N(c4ccccc4)c4cccc5c4-c4ccccc4C54c5ccccc5-c5ccccc54)c3)cc2)cc1. The summed E-state index contributed by atoms with van der Waals surface area (Å²) in [6, 6.07) is 93.2. The van der Waals surface area contributed by atoms with E-state index in [0.717, 1.165) is 45.3 Å². The molecule has 0 aromatic heterocycles. The molecule has 1 spiro atoms. The van der Waals surface area contributed by atoms with Crippen molar-refractivity contribution in [3.63, 3.8) is 0 Å². The largest absolute Gasteiger partial charge is 0.310 e. The first-order valence-electron chi connectivity index (χ1n) is 21.8. The minimum Gasteiger partial charge on any atom is -0.310 e. The van der Waals surface area contributed by atoms with Crippen molar-refractivity contribution in [3.05, 3.63) is 277 Å². The highest BCUT2D eigenvalue weighted by atomic mass is 15.2. The maximum atomic E-state index is 2.49. The van der Waals surface area contributed by atoms with Crippen LogP contribution in [0.2, 0.25) is 0 Å². The lowest BCUT2D eigenvalue weighted by Crippen LogP contribution is -2.26. The van der Waals surface area contributed by atoms with Gasteiger partial charge in [0.15, 0.2) is 0 Å². The Labute approximate surface area is 369 Å². The van der Waals surface area contributed by atoms with Crippen LogP contribution in [0.5, 0.6) is 0 Å². The molecule has 10 aromatic rings. The van der Waals surface area contributed by atoms with Crippen LogP contribution in [-0.2, 0) is 5.41 Å². The first-order valence-corrected chi connectivity index (χ1v) is 21.8. The van der Waals surface area contributed by atoms with Gasteiger partial charge in [-0.2, -0.15) is 0 Å². The summed E-state index contributed by atoms with van der Waals surface area (Å²) in [5, 5.41) is 0. The molecule has 0 bridgehead atoms. The van der Waals surface area contributed by atoms with Crippen molar-refractivity contribution in [1.29, 1.82) is 0 Å². The van der Waals surface area contributed by atoms with E-state index in [9.17, 15) is 0 Å². The van der Waals surface area contributed by atoms with Gasteiger partial charge >= 0.3 is 0 Å². The smallest absolute Gasteiger partial charge is 0.0726 e. The van der Waals surface area contributed by atoms with Crippen LogP contribution >= 0.6 is 0 Å². The molecule has 2 aliphatic rings. The quantitative estimate of drug-likeness (QED) is 0.151. The Balaban J connectivity index is 1.12. The van der Waals surface area contributed by atoms with Gasteiger partial charge in [-0.15, -0.1) is 0 Å². The molecular weight excluding hydrogens is 761 g/mol. The summed E-state index contributed by atoms with van der Waals surface area (Å²) >= 11 is 0. The van der Waals surface area contributed by atoms with Crippen LogP contribution in [0.4, 0.5) is 34.1 Å². The number of nitrogens with zero attached hydrogens (tertiary/aromatic N) is 2. The monoisotopic (exact) mass is 802 g/mol. The van der Waals surface area contributed by atoms with Crippen LogP contribution in [0, 0.1) is 0 Å². The maximum Gasteiger partial charge on any atom is 0.0726 e. The van der Waals surface area contributed by atoms with Crippen molar-refractivity contribution >= 4 is 34.1 Å². The first kappa shape index (κ1) is 36.6. The molecule has 0 amide bonds. The maximum absolute atomic E-state index is 2.49. The molecule has 2 nitrogen and oxygen atoms in total. The second-order valence-electron chi connectivity index (χ2n) is 16.4. The lowest BCUT2D eigenvalue weighted by molar-refractivity contribution is 0.794. The molecule has 0 fully saturated rings. The fourth-order valence-electron chi connectivity index (χ4n) is 10.4. The van der Waals surface area contributed by atoms with Crippen LogP contribution in [0.25, 0.3) is 44.5 Å². The number of benzene rings is 10. The van der Waals surface area contributed by atoms with E-state index in [1.165, 1.54) is 55.6 Å². The fourth-order valence-corrected chi connectivity index (χ4v) is 10.4. The van der Waals surface area contributed by atoms with Crippen molar-refractivity contribution < 1.29 is 0 Å². The Morgan fingerprint density at radius 1 is 0.238 bits per heavy atom. The van der Waals surface area contributed by atoms with E-state index in [-0.39, 0.29) is 0 Å². The lowest BCUT2D eigenvalue weighted by atomic mass is 9.70. The Bertz CT molecular complexity index is 3220. The molecule has 0 N–H and O–H groups in total. The van der Waals surface area contributed by atoms with Crippen LogP contribution in [-0.4, -0.2) is 0 Å². The summed E-state index contributed by atoms with van der Waals surface area (Å²) in [7, 11) is 0. The van der Waals surface area contributed by atoms with Gasteiger partial charge in [-0.1, -0.05) is 194 Å². The Morgan fingerprint density at radius 3 is 1.21 bits per heavy atom. The molecule has 63 heavy (non-hydrogen) atoms. The number of anilines is 6. The lowest BCUT2D eigenvalue weighted by Gasteiger charge is -2.33. The standard InChI is InChI=1S/C61H42N2/c1-5-20-43(21-6-1)45-36-38-49(39-37-45)62(47-24-9-3-10-25-47)50-40-46(44-22-7-2-8-23-44)41-51(42-50)63(48-26-11-4-12-27-48)59-35-19-34-58-60(59)54-30-15-18-33-57(54)61(58)55-31-16-13-28-52(55)53-29-14-17-32-56(53)61/h1-42H. The van der Waals surface area contributed by atoms with Gasteiger partial charge in [-0.05, 0) is 122 Å². The van der Waals surface area contributed by atoms with Crippen LogP contribution in [0.1, 0.15) is 22.3 Å². The van der Waals surface area contributed by atoms with Crippen molar-refractivity contribution in [2.45, 2.75) is 5.41 Å². The highest BCUT2D eigenvalue weighted by molar-refractivity contribution is 6.01. The van der Waals surface area contributed by atoms with Gasteiger partial charge in [0.1, 0.15) is 0 Å². The van der Waals surface area contributed by atoms with E-state index in [2.05, 4.69) is 265 Å². The minimum atomic E-state index is -0.454. The van der Waals surface area contributed by atoms with Gasteiger partial charge in [-0.25, -0.2) is 0 Å². The van der Waals surface area contributed by atoms with Gasteiger partial charge in [0.05, 0.1) is 11.1 Å². The van der Waals surface area contributed by atoms with E-state index in [0.29, 0.717) is 0 Å². The molecule has 12 rings (SSSR count). The third-order valence-electron chi connectivity index (χ3n) is 13.0. The molecular formula is C61H42N2. The zero-order chi connectivity index (χ0) is 41.7. The highest BCUT2D eigenvalue weighted by Gasteiger charge is 2.52. The first-order chi connectivity index (χ1) is 31.3. The predicted molar refractivity (Wildman–Crippen MR) is 263 cm³/mol. The molecule has 0 heterocycles. The summed E-state index contributed by atoms with van der Waals surface area (Å²) in [5.74, 6) is 0. The van der Waals surface area contributed by atoms with Crippen molar-refractivity contribution in [3.8, 4) is 44.5 Å².